The number of primary amides is 1. The number of nitrogens with zero attached hydrogens (tertiary/aromatic N) is 2. The molecule has 1 fully saturated rings. The Balaban J connectivity index is 2.30. The van der Waals surface area contributed by atoms with Crippen LogP contribution in [0.2, 0.25) is 0 Å². The SMILES string of the molecule is NC(=O)c1ncn([C@@H]2O[C@@H](CO)[C@@H](O)[C@H]2O)c1N. The average molecular weight is 258 g/mol. The highest BCUT2D eigenvalue weighted by molar-refractivity contribution is 5.95. The van der Waals surface area contributed by atoms with Gasteiger partial charge in [-0.3, -0.25) is 9.36 Å². The second kappa shape index (κ2) is 4.53. The highest BCUT2D eigenvalue weighted by Crippen LogP contribution is 2.31. The number of carbonyl (C=O) groups is 1. The van der Waals surface area contributed by atoms with Crippen molar-refractivity contribution >= 4 is 11.7 Å². The molecule has 1 aromatic heterocycles. The maximum atomic E-state index is 11.0. The molecule has 2 rings (SSSR count). The predicted octanol–water partition coefficient (Wildman–Crippen LogP) is -2.82. The van der Waals surface area contributed by atoms with E-state index in [1.165, 1.54) is 10.9 Å². The third-order valence-corrected chi connectivity index (χ3v) is 2.86. The van der Waals surface area contributed by atoms with Gasteiger partial charge in [0, 0.05) is 0 Å². The molecule has 0 aliphatic carbocycles. The highest BCUT2D eigenvalue weighted by Gasteiger charge is 2.44. The lowest BCUT2D eigenvalue weighted by Crippen LogP contribution is -2.33. The van der Waals surface area contributed by atoms with Crippen molar-refractivity contribution in [2.45, 2.75) is 24.5 Å². The van der Waals surface area contributed by atoms with E-state index in [1.807, 2.05) is 0 Å². The summed E-state index contributed by atoms with van der Waals surface area (Å²) in [5, 5.41) is 28.3. The number of nitrogens with two attached hydrogens (primary N) is 2. The summed E-state index contributed by atoms with van der Waals surface area (Å²) in [4.78, 5) is 14.7. The molecule has 0 spiro atoms. The van der Waals surface area contributed by atoms with Crippen molar-refractivity contribution in [2.24, 2.45) is 5.73 Å². The molecule has 0 aromatic carbocycles. The van der Waals surface area contributed by atoms with Crippen LogP contribution in [-0.4, -0.2) is 55.7 Å². The monoisotopic (exact) mass is 258 g/mol. The lowest BCUT2D eigenvalue weighted by molar-refractivity contribution is -0.0518. The Hall–Kier alpha value is -1.68. The molecule has 18 heavy (non-hydrogen) atoms. The number of aliphatic hydroxyl groups is 3. The molecule has 1 aliphatic rings. The van der Waals surface area contributed by atoms with Gasteiger partial charge >= 0.3 is 0 Å². The molecular formula is C9H14N4O5. The molecule has 1 saturated heterocycles. The number of nitrogen functional groups attached to an aromatic ring is 1. The summed E-state index contributed by atoms with van der Waals surface area (Å²) in [7, 11) is 0. The van der Waals surface area contributed by atoms with E-state index in [1.54, 1.807) is 0 Å². The number of ether oxygens (including phenoxy) is 1. The summed E-state index contributed by atoms with van der Waals surface area (Å²) < 4.78 is 6.42. The van der Waals surface area contributed by atoms with Gasteiger partial charge in [-0.25, -0.2) is 4.98 Å². The Labute approximate surface area is 102 Å². The number of aromatic nitrogens is 2. The minimum atomic E-state index is -1.29. The van der Waals surface area contributed by atoms with Gasteiger partial charge in [-0.1, -0.05) is 0 Å². The van der Waals surface area contributed by atoms with E-state index < -0.39 is 37.1 Å². The maximum absolute atomic E-state index is 11.0. The number of amides is 1. The van der Waals surface area contributed by atoms with Gasteiger partial charge in [0.1, 0.15) is 24.1 Å². The van der Waals surface area contributed by atoms with Crippen LogP contribution < -0.4 is 11.5 Å². The molecule has 1 aromatic rings. The van der Waals surface area contributed by atoms with Crippen LogP contribution in [0, 0.1) is 0 Å². The van der Waals surface area contributed by atoms with Gasteiger partial charge in [-0.15, -0.1) is 0 Å². The molecule has 0 radical (unpaired) electrons. The molecule has 0 unspecified atom stereocenters. The third-order valence-electron chi connectivity index (χ3n) is 2.86. The fourth-order valence-electron chi connectivity index (χ4n) is 1.87. The van der Waals surface area contributed by atoms with Crippen LogP contribution in [0.25, 0.3) is 0 Å². The molecule has 7 N–H and O–H groups in total. The molecule has 1 aliphatic heterocycles. The molecular weight excluding hydrogens is 244 g/mol. The van der Waals surface area contributed by atoms with Gasteiger partial charge in [0.2, 0.25) is 0 Å². The van der Waals surface area contributed by atoms with E-state index in [0.717, 1.165) is 0 Å². The van der Waals surface area contributed by atoms with Gasteiger partial charge < -0.3 is 31.5 Å². The lowest BCUT2D eigenvalue weighted by atomic mass is 10.1. The first-order chi connectivity index (χ1) is 8.47. The minimum absolute atomic E-state index is 0.0719. The zero-order valence-electron chi connectivity index (χ0n) is 9.30. The summed E-state index contributed by atoms with van der Waals surface area (Å²) in [5.41, 5.74) is 10.6. The molecule has 9 heteroatoms. The van der Waals surface area contributed by atoms with E-state index in [0.29, 0.717) is 0 Å². The van der Waals surface area contributed by atoms with Gasteiger partial charge in [0.25, 0.3) is 5.91 Å². The van der Waals surface area contributed by atoms with E-state index in [9.17, 15) is 15.0 Å². The van der Waals surface area contributed by atoms with Crippen LogP contribution in [0.5, 0.6) is 0 Å². The van der Waals surface area contributed by atoms with E-state index in [-0.39, 0.29) is 11.5 Å². The lowest BCUT2D eigenvalue weighted by Gasteiger charge is -2.17. The zero-order valence-corrected chi connectivity index (χ0v) is 9.30. The van der Waals surface area contributed by atoms with E-state index >= 15 is 0 Å². The Kier molecular flexibility index (Phi) is 3.22. The number of aliphatic hydroxyl groups excluding tert-OH is 3. The number of rotatable bonds is 3. The Bertz CT molecular complexity index is 462. The van der Waals surface area contributed by atoms with Crippen LogP contribution in [0.15, 0.2) is 6.33 Å². The standard InChI is InChI=1S/C9H14N4O5/c10-7-4(8(11)17)12-2-13(7)9-6(16)5(15)3(1-14)18-9/h2-3,5-6,9,14-16H,1,10H2,(H2,11,17)/t3-,5+,6+,9+/m0/s1. The Morgan fingerprint density at radius 3 is 2.61 bits per heavy atom. The first kappa shape index (κ1) is 12.8. The van der Waals surface area contributed by atoms with Crippen molar-refractivity contribution in [1.82, 2.24) is 9.55 Å². The van der Waals surface area contributed by atoms with Crippen molar-refractivity contribution < 1.29 is 24.9 Å². The van der Waals surface area contributed by atoms with Crippen LogP contribution in [0.4, 0.5) is 5.82 Å². The zero-order chi connectivity index (χ0) is 13.4. The van der Waals surface area contributed by atoms with E-state index in [2.05, 4.69) is 4.98 Å². The van der Waals surface area contributed by atoms with Gasteiger partial charge in [-0.05, 0) is 0 Å². The average Bonchev–Trinajstić information content (AvgIpc) is 2.82. The molecule has 4 atom stereocenters. The predicted molar refractivity (Wildman–Crippen MR) is 58.2 cm³/mol. The quantitative estimate of drug-likeness (QED) is 0.391. The molecule has 2 heterocycles. The summed E-state index contributed by atoms with van der Waals surface area (Å²) >= 11 is 0. The number of anilines is 1. The summed E-state index contributed by atoms with van der Waals surface area (Å²) in [5.74, 6) is -0.879. The van der Waals surface area contributed by atoms with Gasteiger partial charge in [0.15, 0.2) is 11.9 Å². The fourth-order valence-corrected chi connectivity index (χ4v) is 1.87. The first-order valence-electron chi connectivity index (χ1n) is 5.22. The first-order valence-corrected chi connectivity index (χ1v) is 5.22. The molecule has 0 bridgehead atoms. The normalized spacial score (nSPS) is 31.7. The smallest absolute Gasteiger partial charge is 0.271 e. The number of carbonyl (C=O) groups excluding carboxylic acids is 1. The fraction of sp³-hybridized carbons (Fsp3) is 0.556. The minimum Gasteiger partial charge on any atom is -0.394 e. The second-order valence-electron chi connectivity index (χ2n) is 3.98. The van der Waals surface area contributed by atoms with Gasteiger partial charge in [-0.2, -0.15) is 0 Å². The summed E-state index contributed by atoms with van der Waals surface area (Å²) in [6.45, 7) is -0.452. The van der Waals surface area contributed by atoms with Crippen molar-refractivity contribution in [2.75, 3.05) is 12.3 Å². The molecule has 0 saturated carbocycles. The largest absolute Gasteiger partial charge is 0.394 e. The number of hydrogen-bond donors (Lipinski definition) is 5. The Morgan fingerprint density at radius 2 is 2.17 bits per heavy atom. The topological polar surface area (TPSA) is 157 Å². The van der Waals surface area contributed by atoms with Crippen LogP contribution in [-0.2, 0) is 4.74 Å². The van der Waals surface area contributed by atoms with Crippen LogP contribution in [0.1, 0.15) is 16.7 Å². The number of hydrogen-bond acceptors (Lipinski definition) is 7. The van der Waals surface area contributed by atoms with Crippen molar-refractivity contribution in [3.8, 4) is 0 Å². The van der Waals surface area contributed by atoms with Crippen molar-refractivity contribution in [1.29, 1.82) is 0 Å². The van der Waals surface area contributed by atoms with Crippen LogP contribution >= 0.6 is 0 Å². The third kappa shape index (κ3) is 1.82. The molecule has 100 valence electrons. The number of imidazole rings is 1. The van der Waals surface area contributed by atoms with Crippen LogP contribution in [0.3, 0.4) is 0 Å². The Morgan fingerprint density at radius 1 is 1.50 bits per heavy atom. The maximum Gasteiger partial charge on any atom is 0.271 e. The summed E-state index contributed by atoms with van der Waals surface area (Å²) in [6, 6.07) is 0. The second-order valence-corrected chi connectivity index (χ2v) is 3.98. The van der Waals surface area contributed by atoms with Crippen molar-refractivity contribution in [3.63, 3.8) is 0 Å². The molecule has 9 nitrogen and oxygen atoms in total. The van der Waals surface area contributed by atoms with E-state index in [4.69, 9.17) is 21.3 Å². The highest BCUT2D eigenvalue weighted by atomic mass is 16.6. The van der Waals surface area contributed by atoms with Gasteiger partial charge in [0.05, 0.1) is 12.9 Å². The van der Waals surface area contributed by atoms with Crippen molar-refractivity contribution in [3.05, 3.63) is 12.0 Å². The summed E-state index contributed by atoms with van der Waals surface area (Å²) in [6.07, 6.45) is -3.32. The molecule has 1 amide bonds.